The molecule has 0 N–H and O–H groups in total. The van der Waals surface area contributed by atoms with Crippen LogP contribution in [0.25, 0.3) is 0 Å². The molecule has 1 atom stereocenters. The topological polar surface area (TPSA) is 37.2 Å². The summed E-state index contributed by atoms with van der Waals surface area (Å²) in [6.45, 7) is 3.78. The molecule has 0 radical (unpaired) electrons. The van der Waals surface area contributed by atoms with Crippen LogP contribution in [0.4, 0.5) is 37.3 Å². The van der Waals surface area contributed by atoms with Gasteiger partial charge in [-0.25, -0.2) is 0 Å². The second kappa shape index (κ2) is 9.05. The molecule has 0 aromatic heterocycles. The first-order valence-electron chi connectivity index (χ1n) is 6.93. The number of benzene rings is 1. The average molecular weight is 379 g/mol. The van der Waals surface area contributed by atoms with Crippen LogP contribution in [0, 0.1) is 0 Å². The Labute approximate surface area is 136 Å². The Hall–Kier alpha value is -1.57. The van der Waals surface area contributed by atoms with Crippen molar-refractivity contribution in [3.8, 4) is 5.75 Å². The van der Waals surface area contributed by atoms with Crippen molar-refractivity contribution in [3.05, 3.63) is 18.2 Å². The quantitative estimate of drug-likeness (QED) is 0.284. The molecule has 0 aliphatic rings. The molecular formula is C13H20F6N3OP. The summed E-state index contributed by atoms with van der Waals surface area (Å²) in [5.41, 5.74) is 0.587. The summed E-state index contributed by atoms with van der Waals surface area (Å²) in [5.74, 6) is 0.149. The Morgan fingerprint density at radius 3 is 2.21 bits per heavy atom. The molecule has 0 aliphatic heterocycles. The summed E-state index contributed by atoms with van der Waals surface area (Å²) in [5, 5.41) is 3.00. The molecule has 140 valence electrons. The number of anilines is 1. The summed E-state index contributed by atoms with van der Waals surface area (Å²) >= 11 is 0. The van der Waals surface area contributed by atoms with Gasteiger partial charge in [-0.1, -0.05) is 0 Å². The van der Waals surface area contributed by atoms with Gasteiger partial charge in [0.2, 0.25) is 0 Å². The van der Waals surface area contributed by atoms with Crippen molar-refractivity contribution in [1.82, 2.24) is 0 Å². The van der Waals surface area contributed by atoms with Crippen LogP contribution in [0.3, 0.4) is 0 Å². The van der Waals surface area contributed by atoms with Crippen molar-refractivity contribution in [2.75, 3.05) is 19.0 Å². The first-order chi connectivity index (χ1) is 11.0. The normalized spacial score (nSPS) is 14.3. The molecule has 11 heteroatoms. The predicted molar refractivity (Wildman–Crippen MR) is 83.9 cm³/mol. The molecule has 0 bridgehead atoms. The molecule has 0 saturated carbocycles. The van der Waals surface area contributed by atoms with Crippen LogP contribution in [-0.2, 0) is 0 Å². The van der Waals surface area contributed by atoms with E-state index < -0.39 is 8.00 Å². The fraction of sp³-hybridized carbons (Fsp3) is 0.538. The Bertz CT molecular complexity index is 541. The molecule has 24 heavy (non-hydrogen) atoms. The molecule has 1 aromatic carbocycles. The molecule has 1 aromatic rings. The second-order valence-corrected chi connectivity index (χ2v) is 6.69. The summed E-state index contributed by atoms with van der Waals surface area (Å²) in [7, 11) is -4.45. The van der Waals surface area contributed by atoms with Crippen molar-refractivity contribution in [2.24, 2.45) is 10.00 Å². The molecule has 1 rings (SSSR count). The number of nitrogens with zero attached hydrogens (tertiary/aromatic N) is 3. The standard InChI is InChI=1S/C13H20F4N3OP.F2/c1-5-6-10(2)21-13-9-11(20(3)4)7-8-12(13)18-19-22(14,15,16)17;1-2/h7-10H,5-6H2,1-4H3;. The van der Waals surface area contributed by atoms with E-state index in [-0.39, 0.29) is 17.5 Å². The zero-order chi connectivity index (χ0) is 19.0. The van der Waals surface area contributed by atoms with E-state index >= 15 is 0 Å². The maximum absolute atomic E-state index is 12.3. The van der Waals surface area contributed by atoms with Crippen LogP contribution in [0.5, 0.6) is 5.75 Å². The third-order valence-corrected chi connectivity index (χ3v) is 3.13. The third kappa shape index (κ3) is 8.90. The van der Waals surface area contributed by atoms with Crippen molar-refractivity contribution in [3.63, 3.8) is 0 Å². The van der Waals surface area contributed by atoms with Gasteiger partial charge in [0.25, 0.3) is 0 Å². The van der Waals surface area contributed by atoms with Crippen molar-refractivity contribution < 1.29 is 30.7 Å². The van der Waals surface area contributed by atoms with Gasteiger partial charge in [-0.15, -0.1) is 0 Å². The average Bonchev–Trinajstić information content (AvgIpc) is 2.46. The first kappa shape index (κ1) is 22.4. The van der Waals surface area contributed by atoms with Gasteiger partial charge in [-0.05, 0) is 0 Å². The Morgan fingerprint density at radius 2 is 1.75 bits per heavy atom. The van der Waals surface area contributed by atoms with E-state index in [2.05, 4.69) is 5.11 Å². The summed E-state index contributed by atoms with van der Waals surface area (Å²) in [4.78, 5) is 3.71. The van der Waals surface area contributed by atoms with Crippen LogP contribution >= 0.6 is 8.00 Å². The minimum atomic E-state index is -8.02. The van der Waals surface area contributed by atoms with E-state index in [1.807, 2.05) is 11.8 Å². The van der Waals surface area contributed by atoms with Gasteiger partial charge in [0, 0.05) is 9.15 Å². The van der Waals surface area contributed by atoms with Gasteiger partial charge in [0.05, 0.1) is 0 Å². The molecular weight excluding hydrogens is 359 g/mol. The van der Waals surface area contributed by atoms with Crippen molar-refractivity contribution in [2.45, 2.75) is 32.8 Å². The zero-order valence-corrected chi connectivity index (χ0v) is 14.6. The Kier molecular flexibility index (Phi) is 8.46. The molecule has 0 saturated heterocycles. The number of hydrogen-bond donors (Lipinski definition) is 0. The second-order valence-electron chi connectivity index (χ2n) is 5.14. The van der Waals surface area contributed by atoms with E-state index in [4.69, 9.17) is 13.9 Å². The number of hydrogen-bond acceptors (Lipinski definition) is 4. The van der Waals surface area contributed by atoms with Crippen LogP contribution in [0.2, 0.25) is 0 Å². The largest absolute Gasteiger partial charge is 0 e. The zero-order valence-electron chi connectivity index (χ0n) is 13.7. The minimum absolute atomic E-state index is 0.145. The van der Waals surface area contributed by atoms with Gasteiger partial charge in [0.15, 0.2) is 0 Å². The smallest absolute Gasteiger partial charge is 0 e. The van der Waals surface area contributed by atoms with E-state index in [1.165, 1.54) is 6.07 Å². The molecule has 0 spiro atoms. The molecule has 0 fully saturated rings. The predicted octanol–water partition coefficient (Wildman–Crippen LogP) is 7.25. The van der Waals surface area contributed by atoms with Gasteiger partial charge in [-0.3, -0.25) is 0 Å². The molecule has 0 aliphatic carbocycles. The SMILES string of the molecule is CCCC(C)Oc1cc(N(C)C)ccc1N=NP(F)(F)(F)F.FF. The Balaban J connectivity index is 0.00000254. The van der Waals surface area contributed by atoms with Gasteiger partial charge < -0.3 is 0 Å². The van der Waals surface area contributed by atoms with E-state index in [1.54, 1.807) is 38.1 Å². The van der Waals surface area contributed by atoms with Gasteiger partial charge in [0.1, 0.15) is 0 Å². The molecule has 0 heterocycles. The fourth-order valence-corrected chi connectivity index (χ4v) is 1.99. The summed E-state index contributed by atoms with van der Waals surface area (Å²) < 4.78 is 70.8. The van der Waals surface area contributed by atoms with Crippen LogP contribution in [0.1, 0.15) is 26.7 Å². The molecule has 0 amide bonds. The maximum atomic E-state index is 12.3. The monoisotopic (exact) mass is 379 g/mol. The van der Waals surface area contributed by atoms with Crippen LogP contribution in [-0.4, -0.2) is 20.2 Å². The third-order valence-electron chi connectivity index (χ3n) is 2.77. The van der Waals surface area contributed by atoms with Crippen LogP contribution in [0.15, 0.2) is 28.2 Å². The van der Waals surface area contributed by atoms with E-state index in [9.17, 15) is 16.8 Å². The maximum Gasteiger partial charge on any atom is 0 e. The first-order valence-corrected chi connectivity index (χ1v) is 8.68. The fourth-order valence-electron chi connectivity index (χ4n) is 1.76. The van der Waals surface area contributed by atoms with E-state index in [0.717, 1.165) is 18.5 Å². The summed E-state index contributed by atoms with van der Waals surface area (Å²) in [6, 6.07) is 4.45. The number of rotatable bonds is 7. The summed E-state index contributed by atoms with van der Waals surface area (Å²) in [6.07, 6.45) is 1.41. The van der Waals surface area contributed by atoms with Gasteiger partial charge >= 0.3 is 127 Å². The molecule has 1 unspecified atom stereocenters. The van der Waals surface area contributed by atoms with Gasteiger partial charge in [-0.2, -0.15) is 0 Å². The molecule has 4 nitrogen and oxygen atoms in total. The number of ether oxygens (including phenoxy) is 1. The van der Waals surface area contributed by atoms with E-state index in [0.29, 0.717) is 0 Å². The minimum Gasteiger partial charge on any atom is 0 e. The van der Waals surface area contributed by atoms with Crippen molar-refractivity contribution in [1.29, 1.82) is 0 Å². The van der Waals surface area contributed by atoms with Crippen LogP contribution < -0.4 is 9.64 Å². The number of halogens is 6. The van der Waals surface area contributed by atoms with Crippen molar-refractivity contribution >= 4 is 19.4 Å². The Morgan fingerprint density at radius 1 is 1.17 bits per heavy atom.